The average Bonchev–Trinajstić information content (AvgIpc) is 2.35. The minimum Gasteiger partial charge on any atom is -0.481 e. The first kappa shape index (κ1) is 15.7. The van der Waals surface area contributed by atoms with Crippen LogP contribution in [0, 0.1) is 5.92 Å². The van der Waals surface area contributed by atoms with Crippen LogP contribution in [0.5, 0.6) is 0 Å². The number of nitrogens with one attached hydrogen (secondary N) is 1. The van der Waals surface area contributed by atoms with Gasteiger partial charge in [-0.3, -0.25) is 9.59 Å². The van der Waals surface area contributed by atoms with Gasteiger partial charge in [0.15, 0.2) is 0 Å². The van der Waals surface area contributed by atoms with Crippen LogP contribution in [0.3, 0.4) is 0 Å². The largest absolute Gasteiger partial charge is 0.481 e. The molecular weight excluding hydrogens is 310 g/mol. The van der Waals surface area contributed by atoms with Crippen LogP contribution >= 0.6 is 15.9 Å². The Morgan fingerprint density at radius 3 is 2.74 bits per heavy atom. The Balaban J connectivity index is 2.52. The Kier molecular flexibility index (Phi) is 6.56. The Morgan fingerprint density at radius 1 is 1.42 bits per heavy atom. The van der Waals surface area contributed by atoms with Gasteiger partial charge in [0.2, 0.25) is 5.91 Å². The molecule has 0 saturated heterocycles. The van der Waals surface area contributed by atoms with E-state index in [1.165, 1.54) is 0 Å². The molecule has 1 rings (SSSR count). The van der Waals surface area contributed by atoms with Crippen LogP contribution in [0.1, 0.15) is 25.3 Å². The van der Waals surface area contributed by atoms with E-state index < -0.39 is 5.97 Å². The molecule has 0 aliphatic rings. The fraction of sp³-hybridized carbons (Fsp3) is 0.429. The minimum absolute atomic E-state index is 0.0426. The number of benzene rings is 1. The molecule has 1 unspecified atom stereocenters. The zero-order chi connectivity index (χ0) is 14.3. The highest BCUT2D eigenvalue weighted by atomic mass is 79.9. The summed E-state index contributed by atoms with van der Waals surface area (Å²) in [4.78, 5) is 22.3. The maximum absolute atomic E-state index is 11.9. The number of hydrogen-bond donors (Lipinski definition) is 2. The van der Waals surface area contributed by atoms with Crippen molar-refractivity contribution in [1.82, 2.24) is 5.32 Å². The van der Waals surface area contributed by atoms with Gasteiger partial charge in [0.05, 0.1) is 6.42 Å². The number of carboxylic acids is 1. The van der Waals surface area contributed by atoms with Gasteiger partial charge in [-0.05, 0) is 30.5 Å². The Hall–Kier alpha value is -1.36. The summed E-state index contributed by atoms with van der Waals surface area (Å²) in [5.74, 6) is -1.10. The normalized spacial score (nSPS) is 11.9. The molecule has 2 N–H and O–H groups in total. The third-order valence-electron chi connectivity index (χ3n) is 2.87. The summed E-state index contributed by atoms with van der Waals surface area (Å²) in [7, 11) is 0. The van der Waals surface area contributed by atoms with Crippen molar-refractivity contribution in [1.29, 1.82) is 0 Å². The highest BCUT2D eigenvalue weighted by Crippen LogP contribution is 2.17. The molecular formula is C14H18BrNO3. The van der Waals surface area contributed by atoms with E-state index in [0.717, 1.165) is 16.5 Å². The fourth-order valence-electron chi connectivity index (χ4n) is 1.81. The summed E-state index contributed by atoms with van der Waals surface area (Å²) in [6, 6.07) is 7.86. The van der Waals surface area contributed by atoms with Crippen LogP contribution in [0.15, 0.2) is 28.7 Å². The van der Waals surface area contributed by atoms with Gasteiger partial charge >= 0.3 is 5.97 Å². The lowest BCUT2D eigenvalue weighted by atomic mass is 9.96. The third kappa shape index (κ3) is 5.87. The van der Waals surface area contributed by atoms with Crippen LogP contribution in [0.25, 0.3) is 0 Å². The second kappa shape index (κ2) is 7.94. The van der Waals surface area contributed by atoms with Crippen LogP contribution in [-0.4, -0.2) is 23.5 Å². The topological polar surface area (TPSA) is 66.4 Å². The van der Waals surface area contributed by atoms with Crippen molar-refractivity contribution in [3.8, 4) is 0 Å². The van der Waals surface area contributed by atoms with E-state index in [9.17, 15) is 9.59 Å². The van der Waals surface area contributed by atoms with Crippen molar-refractivity contribution in [2.24, 2.45) is 5.92 Å². The van der Waals surface area contributed by atoms with Gasteiger partial charge < -0.3 is 10.4 Å². The summed E-state index contributed by atoms with van der Waals surface area (Å²) < 4.78 is 0.992. The number of carbonyl (C=O) groups excluding carboxylic acids is 1. The summed E-state index contributed by atoms with van der Waals surface area (Å²) >= 11 is 3.40. The predicted molar refractivity (Wildman–Crippen MR) is 76.9 cm³/mol. The summed E-state index contributed by atoms with van der Waals surface area (Å²) in [6.45, 7) is 2.14. The van der Waals surface area contributed by atoms with Gasteiger partial charge in [-0.2, -0.15) is 0 Å². The van der Waals surface area contributed by atoms with E-state index >= 15 is 0 Å². The average molecular weight is 328 g/mol. The molecule has 0 aliphatic carbocycles. The predicted octanol–water partition coefficient (Wildman–Crippen LogP) is 2.61. The van der Waals surface area contributed by atoms with Gasteiger partial charge in [-0.1, -0.05) is 35.0 Å². The van der Waals surface area contributed by atoms with E-state index in [0.29, 0.717) is 6.42 Å². The Bertz CT molecular complexity index is 448. The highest BCUT2D eigenvalue weighted by Gasteiger charge is 2.16. The zero-order valence-corrected chi connectivity index (χ0v) is 12.4. The van der Waals surface area contributed by atoms with Crippen molar-refractivity contribution < 1.29 is 14.7 Å². The Labute approximate surface area is 121 Å². The maximum Gasteiger partial charge on any atom is 0.305 e. The van der Waals surface area contributed by atoms with Crippen LogP contribution < -0.4 is 5.32 Å². The van der Waals surface area contributed by atoms with Crippen molar-refractivity contribution in [2.75, 3.05) is 6.54 Å². The molecule has 104 valence electrons. The molecule has 0 bridgehead atoms. The molecule has 1 atom stereocenters. The molecule has 0 spiro atoms. The molecule has 4 nitrogen and oxygen atoms in total. The summed E-state index contributed by atoms with van der Waals surface area (Å²) in [5, 5.41) is 11.2. The molecule has 0 fully saturated rings. The SMILES string of the molecule is CCC(Cc1cccc(Br)c1)C(=O)NCCC(=O)O. The lowest BCUT2D eigenvalue weighted by molar-refractivity contribution is -0.137. The van der Waals surface area contributed by atoms with Gasteiger partial charge in [0.25, 0.3) is 0 Å². The smallest absolute Gasteiger partial charge is 0.305 e. The minimum atomic E-state index is -0.902. The molecule has 0 radical (unpaired) electrons. The quantitative estimate of drug-likeness (QED) is 0.808. The highest BCUT2D eigenvalue weighted by molar-refractivity contribution is 9.10. The molecule has 0 aliphatic heterocycles. The lowest BCUT2D eigenvalue weighted by Gasteiger charge is -2.14. The van der Waals surface area contributed by atoms with Crippen LogP contribution in [-0.2, 0) is 16.0 Å². The van der Waals surface area contributed by atoms with Crippen LogP contribution in [0.2, 0.25) is 0 Å². The lowest BCUT2D eigenvalue weighted by Crippen LogP contribution is -2.33. The van der Waals surface area contributed by atoms with E-state index in [2.05, 4.69) is 21.2 Å². The number of amides is 1. The van der Waals surface area contributed by atoms with Gasteiger partial charge in [0.1, 0.15) is 0 Å². The number of carboxylic acid groups (broad SMARTS) is 1. The second-order valence-electron chi connectivity index (χ2n) is 4.37. The van der Waals surface area contributed by atoms with Gasteiger partial charge in [0, 0.05) is 16.9 Å². The number of rotatable bonds is 7. The molecule has 0 aromatic heterocycles. The first-order chi connectivity index (χ1) is 9.02. The van der Waals surface area contributed by atoms with Crippen molar-refractivity contribution in [3.63, 3.8) is 0 Å². The van der Waals surface area contributed by atoms with E-state index in [1.807, 2.05) is 31.2 Å². The van der Waals surface area contributed by atoms with Gasteiger partial charge in [-0.25, -0.2) is 0 Å². The molecule has 1 amide bonds. The Morgan fingerprint density at radius 2 is 2.16 bits per heavy atom. The maximum atomic E-state index is 11.9. The van der Waals surface area contributed by atoms with Gasteiger partial charge in [-0.15, -0.1) is 0 Å². The first-order valence-electron chi connectivity index (χ1n) is 6.27. The fourth-order valence-corrected chi connectivity index (χ4v) is 2.25. The second-order valence-corrected chi connectivity index (χ2v) is 5.29. The van der Waals surface area contributed by atoms with Crippen LogP contribution in [0.4, 0.5) is 0 Å². The summed E-state index contributed by atoms with van der Waals surface area (Å²) in [6.07, 6.45) is 1.35. The molecule has 19 heavy (non-hydrogen) atoms. The van der Waals surface area contributed by atoms with Crippen molar-refractivity contribution in [2.45, 2.75) is 26.2 Å². The number of carbonyl (C=O) groups is 2. The molecule has 1 aromatic carbocycles. The molecule has 0 saturated carbocycles. The van der Waals surface area contributed by atoms with E-state index in [1.54, 1.807) is 0 Å². The van der Waals surface area contributed by atoms with E-state index in [-0.39, 0.29) is 24.8 Å². The molecule has 1 aromatic rings. The summed E-state index contributed by atoms with van der Waals surface area (Å²) in [5.41, 5.74) is 1.09. The number of aliphatic carboxylic acids is 1. The monoisotopic (exact) mass is 327 g/mol. The number of hydrogen-bond acceptors (Lipinski definition) is 2. The molecule has 0 heterocycles. The third-order valence-corrected chi connectivity index (χ3v) is 3.37. The van der Waals surface area contributed by atoms with Crippen molar-refractivity contribution in [3.05, 3.63) is 34.3 Å². The first-order valence-corrected chi connectivity index (χ1v) is 7.06. The molecule has 5 heteroatoms. The van der Waals surface area contributed by atoms with E-state index in [4.69, 9.17) is 5.11 Å². The zero-order valence-electron chi connectivity index (χ0n) is 10.9. The van der Waals surface area contributed by atoms with Crippen molar-refractivity contribution >= 4 is 27.8 Å². The standard InChI is InChI=1S/C14H18BrNO3/c1-2-11(14(19)16-7-6-13(17)18)8-10-4-3-5-12(15)9-10/h3-5,9,11H,2,6-8H2,1H3,(H,16,19)(H,17,18). The number of halogens is 1.